The summed E-state index contributed by atoms with van der Waals surface area (Å²) in [7, 11) is 5.00. The average Bonchev–Trinajstić information content (AvgIpc) is 2.29. The molecule has 5 heteroatoms. The number of nitrogens with one attached hydrogen (secondary N) is 3. The molecule has 0 aromatic heterocycles. The minimum atomic E-state index is -1.12. The van der Waals surface area contributed by atoms with Gasteiger partial charge < -0.3 is 5.32 Å². The number of ketones is 2. The van der Waals surface area contributed by atoms with Crippen LogP contribution in [0.15, 0.2) is 0 Å². The van der Waals surface area contributed by atoms with Crippen molar-refractivity contribution in [3.63, 3.8) is 0 Å². The third-order valence-corrected chi connectivity index (χ3v) is 3.40. The van der Waals surface area contributed by atoms with E-state index in [1.807, 2.05) is 6.92 Å². The molecule has 16 heavy (non-hydrogen) atoms. The predicted molar refractivity (Wildman–Crippen MR) is 64.3 cm³/mol. The van der Waals surface area contributed by atoms with Crippen molar-refractivity contribution < 1.29 is 9.59 Å². The highest BCUT2D eigenvalue weighted by Gasteiger charge is 2.48. The Bertz CT molecular complexity index is 268. The molecule has 0 aliphatic carbocycles. The normalized spacial score (nSPS) is 15.6. The van der Waals surface area contributed by atoms with E-state index in [0.717, 1.165) is 0 Å². The highest BCUT2D eigenvalue weighted by Crippen LogP contribution is 2.19. The molecule has 0 heterocycles. The second kappa shape index (κ2) is 5.52. The summed E-state index contributed by atoms with van der Waals surface area (Å²) < 4.78 is 0. The van der Waals surface area contributed by atoms with Gasteiger partial charge in [0.15, 0.2) is 11.6 Å². The van der Waals surface area contributed by atoms with Crippen LogP contribution in [0.5, 0.6) is 0 Å². The highest BCUT2D eigenvalue weighted by atomic mass is 16.2. The number of likely N-dealkylation sites (N-methyl/N-ethyl adjacent to an activating group) is 3. The van der Waals surface area contributed by atoms with Gasteiger partial charge in [-0.05, 0) is 41.4 Å². The Hall–Kier alpha value is -0.780. The van der Waals surface area contributed by atoms with Crippen LogP contribution in [-0.4, -0.2) is 43.9 Å². The molecule has 0 saturated carbocycles. The number of hydrogen-bond donors (Lipinski definition) is 3. The molecule has 3 N–H and O–H groups in total. The molecule has 0 spiro atoms. The molecule has 0 bridgehead atoms. The quantitative estimate of drug-likeness (QED) is 0.412. The van der Waals surface area contributed by atoms with Crippen LogP contribution in [0.1, 0.15) is 27.2 Å². The number of hydrogen-bond acceptors (Lipinski definition) is 5. The molecule has 0 aliphatic rings. The fraction of sp³-hybridized carbons (Fsp3) is 0.818. The summed E-state index contributed by atoms with van der Waals surface area (Å²) in [5.74, 6) is -0.360. The standard InChI is InChI=1S/C11H23N3O2/c1-7-11(14-6,8(2)15)9(16)10(3,12-4)13-5/h12-14H,7H2,1-6H3. The maximum Gasteiger partial charge on any atom is 0.194 e. The van der Waals surface area contributed by atoms with Crippen LogP contribution in [0.4, 0.5) is 0 Å². The molecule has 1 unspecified atom stereocenters. The molecule has 5 nitrogen and oxygen atoms in total. The first-order valence-electron chi connectivity index (χ1n) is 5.47. The lowest BCUT2D eigenvalue weighted by Crippen LogP contribution is -2.69. The second-order valence-corrected chi connectivity index (χ2v) is 4.02. The van der Waals surface area contributed by atoms with E-state index in [4.69, 9.17) is 0 Å². The van der Waals surface area contributed by atoms with Gasteiger partial charge in [-0.2, -0.15) is 0 Å². The Labute approximate surface area is 97.4 Å². The van der Waals surface area contributed by atoms with E-state index in [9.17, 15) is 9.59 Å². The molecule has 0 aromatic rings. The van der Waals surface area contributed by atoms with Crippen LogP contribution < -0.4 is 16.0 Å². The predicted octanol–water partition coefficient (Wildman–Crippen LogP) is -0.332. The Morgan fingerprint density at radius 1 is 1.06 bits per heavy atom. The molecular weight excluding hydrogens is 206 g/mol. The Kier molecular flexibility index (Phi) is 5.25. The van der Waals surface area contributed by atoms with Crippen molar-refractivity contribution in [2.75, 3.05) is 21.1 Å². The number of Topliss-reactive ketones (excluding diaryl/α,β-unsaturated/α-hetero) is 2. The van der Waals surface area contributed by atoms with E-state index < -0.39 is 11.2 Å². The van der Waals surface area contributed by atoms with E-state index in [0.29, 0.717) is 6.42 Å². The molecule has 0 saturated heterocycles. The zero-order chi connectivity index (χ0) is 13.0. The van der Waals surface area contributed by atoms with Gasteiger partial charge >= 0.3 is 0 Å². The summed E-state index contributed by atoms with van der Waals surface area (Å²) in [5, 5.41) is 8.67. The number of carbonyl (C=O) groups is 2. The highest BCUT2D eigenvalue weighted by molar-refractivity contribution is 6.14. The van der Waals surface area contributed by atoms with Crippen LogP contribution in [0.3, 0.4) is 0 Å². The van der Waals surface area contributed by atoms with Crippen molar-refractivity contribution in [2.45, 2.75) is 38.4 Å². The number of rotatable bonds is 7. The zero-order valence-electron chi connectivity index (χ0n) is 11.0. The fourth-order valence-electron chi connectivity index (χ4n) is 1.81. The van der Waals surface area contributed by atoms with Gasteiger partial charge in [0.25, 0.3) is 0 Å². The SMILES string of the molecule is CCC(NC)(C(C)=O)C(=O)C(C)(NC)NC. The van der Waals surface area contributed by atoms with Crippen LogP contribution in [0, 0.1) is 0 Å². The van der Waals surface area contributed by atoms with Gasteiger partial charge in [-0.3, -0.25) is 20.2 Å². The summed E-state index contributed by atoms with van der Waals surface area (Å²) in [6, 6.07) is 0. The minimum Gasteiger partial charge on any atom is -0.302 e. The summed E-state index contributed by atoms with van der Waals surface area (Å²) in [6.07, 6.45) is 0.427. The summed E-state index contributed by atoms with van der Waals surface area (Å²) >= 11 is 0. The maximum absolute atomic E-state index is 12.4. The lowest BCUT2D eigenvalue weighted by Gasteiger charge is -2.37. The van der Waals surface area contributed by atoms with Gasteiger partial charge in [-0.1, -0.05) is 6.92 Å². The van der Waals surface area contributed by atoms with Crippen LogP contribution in [-0.2, 0) is 9.59 Å². The van der Waals surface area contributed by atoms with Crippen molar-refractivity contribution in [3.05, 3.63) is 0 Å². The first kappa shape index (κ1) is 15.2. The van der Waals surface area contributed by atoms with Crippen molar-refractivity contribution in [1.82, 2.24) is 16.0 Å². The van der Waals surface area contributed by atoms with E-state index in [-0.39, 0.29) is 11.6 Å². The summed E-state index contributed by atoms with van der Waals surface area (Å²) in [5.41, 5.74) is -2.04. The Morgan fingerprint density at radius 2 is 1.50 bits per heavy atom. The number of carbonyl (C=O) groups excluding carboxylic acids is 2. The van der Waals surface area contributed by atoms with Gasteiger partial charge in [-0.15, -0.1) is 0 Å². The van der Waals surface area contributed by atoms with Gasteiger partial charge in [-0.25, -0.2) is 0 Å². The third kappa shape index (κ3) is 2.31. The Balaban J connectivity index is 5.40. The van der Waals surface area contributed by atoms with Gasteiger partial charge in [0.05, 0.1) is 0 Å². The second-order valence-electron chi connectivity index (χ2n) is 4.02. The Morgan fingerprint density at radius 3 is 1.69 bits per heavy atom. The first-order chi connectivity index (χ1) is 7.34. The molecule has 0 aliphatic heterocycles. The van der Waals surface area contributed by atoms with E-state index in [1.54, 1.807) is 28.1 Å². The average molecular weight is 229 g/mol. The summed E-state index contributed by atoms with van der Waals surface area (Å²) in [4.78, 5) is 24.2. The summed E-state index contributed by atoms with van der Waals surface area (Å²) in [6.45, 7) is 4.98. The van der Waals surface area contributed by atoms with Crippen LogP contribution in [0.25, 0.3) is 0 Å². The van der Waals surface area contributed by atoms with E-state index in [2.05, 4.69) is 16.0 Å². The first-order valence-corrected chi connectivity index (χ1v) is 5.47. The van der Waals surface area contributed by atoms with Crippen LogP contribution >= 0.6 is 0 Å². The lowest BCUT2D eigenvalue weighted by atomic mass is 9.81. The van der Waals surface area contributed by atoms with Crippen molar-refractivity contribution >= 4 is 11.6 Å². The minimum absolute atomic E-state index is 0.167. The molecule has 0 radical (unpaired) electrons. The smallest absolute Gasteiger partial charge is 0.194 e. The molecule has 1 atom stereocenters. The molecule has 0 fully saturated rings. The lowest BCUT2D eigenvalue weighted by molar-refractivity contribution is -0.140. The third-order valence-electron chi connectivity index (χ3n) is 3.40. The van der Waals surface area contributed by atoms with E-state index >= 15 is 0 Å². The molecule has 0 rings (SSSR count). The van der Waals surface area contributed by atoms with Crippen molar-refractivity contribution in [1.29, 1.82) is 0 Å². The topological polar surface area (TPSA) is 70.2 Å². The molecule has 0 aromatic carbocycles. The zero-order valence-corrected chi connectivity index (χ0v) is 11.0. The van der Waals surface area contributed by atoms with Crippen molar-refractivity contribution in [2.24, 2.45) is 0 Å². The molecule has 0 amide bonds. The van der Waals surface area contributed by atoms with Gasteiger partial charge in [0.2, 0.25) is 0 Å². The fourth-order valence-corrected chi connectivity index (χ4v) is 1.81. The van der Waals surface area contributed by atoms with Crippen molar-refractivity contribution in [3.8, 4) is 0 Å². The molecular formula is C11H23N3O2. The van der Waals surface area contributed by atoms with Crippen LogP contribution in [0.2, 0.25) is 0 Å². The largest absolute Gasteiger partial charge is 0.302 e. The van der Waals surface area contributed by atoms with Gasteiger partial charge in [0.1, 0.15) is 11.2 Å². The maximum atomic E-state index is 12.4. The molecule has 94 valence electrons. The van der Waals surface area contributed by atoms with E-state index in [1.165, 1.54) is 6.92 Å². The monoisotopic (exact) mass is 229 g/mol. The van der Waals surface area contributed by atoms with Gasteiger partial charge in [0, 0.05) is 0 Å².